The Balaban J connectivity index is 1.98. The van der Waals surface area contributed by atoms with Gasteiger partial charge in [-0.05, 0) is 0 Å². The molecule has 1 aromatic carbocycles. The van der Waals surface area contributed by atoms with Gasteiger partial charge >= 0.3 is 219 Å². The van der Waals surface area contributed by atoms with Gasteiger partial charge in [-0.1, -0.05) is 0 Å². The van der Waals surface area contributed by atoms with E-state index in [1.54, 1.807) is 29.5 Å². The molecule has 0 aliphatic carbocycles. The predicted octanol–water partition coefficient (Wildman–Crippen LogP) is 1.29. The number of carbonyl (C=O) groups excluding carboxylic acids is 2. The van der Waals surface area contributed by atoms with E-state index in [1.807, 2.05) is 38.3 Å². The number of benzene rings is 1. The van der Waals surface area contributed by atoms with Crippen LogP contribution in [0.2, 0.25) is 0 Å². The SMILES string of the molecule is [B][I-]C(=O)C(CC)C1N=C(c2cccc(NC(=O)C(=C)F)c2)c2c(sc(C)c2C)-n2c(C)nnc21. The summed E-state index contributed by atoms with van der Waals surface area (Å²) < 4.78 is 15.3. The molecule has 180 valence electrons. The summed E-state index contributed by atoms with van der Waals surface area (Å²) in [5, 5.41) is 12.2. The molecule has 2 radical (unpaired) electrons. The zero-order valence-electron chi connectivity index (χ0n) is 19.7. The molecule has 2 unspecified atom stereocenters. The molecule has 11 heteroatoms. The minimum absolute atomic E-state index is 0.00670. The molecule has 3 heterocycles. The number of nitrogens with one attached hydrogen (secondary N) is 1. The number of hydrogen-bond acceptors (Lipinski definition) is 6. The van der Waals surface area contributed by atoms with Crippen molar-refractivity contribution in [3.05, 3.63) is 69.9 Å². The van der Waals surface area contributed by atoms with Gasteiger partial charge < -0.3 is 0 Å². The van der Waals surface area contributed by atoms with Gasteiger partial charge in [-0.2, -0.15) is 0 Å². The molecule has 4 rings (SSSR count). The molecule has 0 bridgehead atoms. The number of aliphatic imine (C=N–C) groups is 1. The van der Waals surface area contributed by atoms with Crippen molar-refractivity contribution >= 4 is 38.1 Å². The van der Waals surface area contributed by atoms with Gasteiger partial charge in [-0.3, -0.25) is 0 Å². The number of halogens is 2. The molecule has 1 aliphatic rings. The number of carbonyl (C=O) groups is 2. The first-order valence-electron chi connectivity index (χ1n) is 10.9. The van der Waals surface area contributed by atoms with E-state index in [9.17, 15) is 14.0 Å². The maximum absolute atomic E-state index is 13.3. The summed E-state index contributed by atoms with van der Waals surface area (Å²) in [5.74, 6) is -1.10. The summed E-state index contributed by atoms with van der Waals surface area (Å²) in [6.07, 6.45) is 0.559. The number of amides is 1. The summed E-state index contributed by atoms with van der Waals surface area (Å²) in [5.41, 5.74) is 9.64. The van der Waals surface area contributed by atoms with Crippen molar-refractivity contribution < 1.29 is 35.0 Å². The van der Waals surface area contributed by atoms with Gasteiger partial charge in [0.1, 0.15) is 0 Å². The Morgan fingerprint density at radius 3 is 2.71 bits per heavy atom. The average molecular weight is 602 g/mol. The number of thiophene rings is 1. The van der Waals surface area contributed by atoms with E-state index in [0.29, 0.717) is 29.5 Å². The standard InChI is InChI=1S/C24H23BFIN5O2S/c1-6-17(21(33)27-25)20-22-31-30-14(5)32(22)24-18(11(2)13(4)35-24)19(29-20)15-8-7-9-16(10-15)28-23(34)12(3)26/h7-10,17,20H,3,6H2,1-2,4-5H3,(H,28,34)/q-1. The van der Waals surface area contributed by atoms with E-state index in [4.69, 9.17) is 10.7 Å². The molecule has 1 amide bonds. The van der Waals surface area contributed by atoms with Crippen molar-refractivity contribution in [1.82, 2.24) is 14.8 Å². The summed E-state index contributed by atoms with van der Waals surface area (Å²) in [6.45, 7) is 11.0. The van der Waals surface area contributed by atoms with Crippen LogP contribution >= 0.6 is 11.3 Å². The summed E-state index contributed by atoms with van der Waals surface area (Å²) in [4.78, 5) is 31.0. The first kappa shape index (κ1) is 25.4. The Hall–Kier alpha value is -2.67. The van der Waals surface area contributed by atoms with Crippen LogP contribution in [0.15, 0.2) is 41.7 Å². The third-order valence-electron chi connectivity index (χ3n) is 6.05. The number of aryl methyl sites for hydroxylation is 2. The Morgan fingerprint density at radius 1 is 1.31 bits per heavy atom. The number of aromatic nitrogens is 3. The fourth-order valence-electron chi connectivity index (χ4n) is 4.15. The summed E-state index contributed by atoms with van der Waals surface area (Å²) in [7, 11) is 0. The Morgan fingerprint density at radius 2 is 2.06 bits per heavy atom. The molecule has 2 atom stereocenters. The van der Waals surface area contributed by atoms with Gasteiger partial charge in [-0.15, -0.1) is 0 Å². The zero-order valence-corrected chi connectivity index (χ0v) is 22.7. The summed E-state index contributed by atoms with van der Waals surface area (Å²) in [6, 6.07) is 6.48. The molecule has 7 nitrogen and oxygen atoms in total. The van der Waals surface area contributed by atoms with Crippen LogP contribution in [0, 0.1) is 26.7 Å². The van der Waals surface area contributed by atoms with Crippen molar-refractivity contribution in [2.75, 3.05) is 5.32 Å². The molecule has 35 heavy (non-hydrogen) atoms. The molecule has 0 fully saturated rings. The third-order valence-corrected chi connectivity index (χ3v) is 8.66. The van der Waals surface area contributed by atoms with Crippen molar-refractivity contribution in [3.63, 3.8) is 0 Å². The Labute approximate surface area is 218 Å². The summed E-state index contributed by atoms with van der Waals surface area (Å²) >= 11 is 0.486. The molecule has 3 aromatic rings. The first-order valence-corrected chi connectivity index (χ1v) is 14.1. The van der Waals surface area contributed by atoms with Crippen LogP contribution in [-0.2, 0) is 9.59 Å². The number of rotatable bonds is 7. The van der Waals surface area contributed by atoms with E-state index < -0.39 is 44.7 Å². The molecule has 0 saturated carbocycles. The Bertz CT molecular complexity index is 1380. The molecule has 2 aromatic heterocycles. The quantitative estimate of drug-likeness (QED) is 0.191. The predicted molar refractivity (Wildman–Crippen MR) is 132 cm³/mol. The van der Waals surface area contributed by atoms with Crippen LogP contribution in [0.25, 0.3) is 5.00 Å². The maximum atomic E-state index is 13.3. The van der Waals surface area contributed by atoms with E-state index >= 15 is 0 Å². The van der Waals surface area contributed by atoms with Crippen LogP contribution in [-0.4, -0.2) is 35.9 Å². The monoisotopic (exact) mass is 602 g/mol. The number of nitrogens with zero attached hydrogens (tertiary/aromatic N) is 4. The van der Waals surface area contributed by atoms with E-state index in [-0.39, 0.29) is 3.79 Å². The third kappa shape index (κ3) is 4.63. The molecule has 0 saturated heterocycles. The average Bonchev–Trinajstić information content (AvgIpc) is 3.30. The van der Waals surface area contributed by atoms with Crippen LogP contribution in [0.1, 0.15) is 52.6 Å². The van der Waals surface area contributed by atoms with Gasteiger partial charge in [0.2, 0.25) is 0 Å². The van der Waals surface area contributed by atoms with Gasteiger partial charge in [-0.25, -0.2) is 0 Å². The second-order valence-corrected chi connectivity index (χ2v) is 11.1. The van der Waals surface area contributed by atoms with Gasteiger partial charge in [0.05, 0.1) is 0 Å². The molecule has 1 aliphatic heterocycles. The van der Waals surface area contributed by atoms with Gasteiger partial charge in [0.25, 0.3) is 0 Å². The van der Waals surface area contributed by atoms with Crippen LogP contribution in [0.5, 0.6) is 0 Å². The fourth-order valence-corrected chi connectivity index (χ4v) is 6.61. The van der Waals surface area contributed by atoms with Crippen molar-refractivity contribution in [1.29, 1.82) is 0 Å². The normalized spacial score (nSPS) is 15.6. The first-order chi connectivity index (χ1) is 16.7. The Kier molecular flexibility index (Phi) is 7.36. The van der Waals surface area contributed by atoms with E-state index in [0.717, 1.165) is 26.6 Å². The number of anilines is 1. The fraction of sp³-hybridized carbons (Fsp3) is 0.292. The van der Waals surface area contributed by atoms with Crippen molar-refractivity contribution in [2.45, 2.75) is 40.2 Å². The second kappa shape index (κ2) is 10.1. The molecule has 1 N–H and O–H groups in total. The molecular formula is C24H23BFIN5O2S-. The van der Waals surface area contributed by atoms with Gasteiger partial charge in [0.15, 0.2) is 0 Å². The van der Waals surface area contributed by atoms with Crippen molar-refractivity contribution in [2.24, 2.45) is 10.9 Å². The second-order valence-electron chi connectivity index (χ2n) is 8.19. The minimum atomic E-state index is -1.13. The zero-order chi connectivity index (χ0) is 25.4. The molecule has 0 spiro atoms. The topological polar surface area (TPSA) is 89.2 Å². The van der Waals surface area contributed by atoms with Crippen LogP contribution in [0.3, 0.4) is 0 Å². The van der Waals surface area contributed by atoms with Crippen LogP contribution in [0.4, 0.5) is 10.1 Å². The van der Waals surface area contributed by atoms with E-state index in [2.05, 4.69) is 22.1 Å². The number of hydrogen-bond donors (Lipinski definition) is 1. The van der Waals surface area contributed by atoms with Crippen molar-refractivity contribution in [3.8, 4) is 5.00 Å². The van der Waals surface area contributed by atoms with Gasteiger partial charge in [0, 0.05) is 0 Å². The van der Waals surface area contributed by atoms with Crippen LogP contribution < -0.4 is 26.3 Å². The number of fused-ring (bicyclic) bond motifs is 3. The molecular weight excluding hydrogens is 579 g/mol. The van der Waals surface area contributed by atoms with E-state index in [1.165, 1.54) is 0 Å².